The van der Waals surface area contributed by atoms with E-state index < -0.39 is 17.6 Å². The Morgan fingerprint density at radius 1 is 1.12 bits per heavy atom. The van der Waals surface area contributed by atoms with Gasteiger partial charge < -0.3 is 19.9 Å². The largest absolute Gasteiger partial charge is 0.416 e. The van der Waals surface area contributed by atoms with Crippen LogP contribution in [0.2, 0.25) is 0 Å². The van der Waals surface area contributed by atoms with E-state index in [9.17, 15) is 17.6 Å². The third-order valence-electron chi connectivity index (χ3n) is 6.49. The Balaban J connectivity index is 1.43. The second-order valence-corrected chi connectivity index (χ2v) is 9.45. The molecule has 214 valence electrons. The van der Waals surface area contributed by atoms with Crippen molar-refractivity contribution in [3.8, 4) is 0 Å². The van der Waals surface area contributed by atoms with Crippen LogP contribution in [0.5, 0.6) is 0 Å². The number of alkyl halides is 3. The van der Waals surface area contributed by atoms with Crippen LogP contribution in [-0.2, 0) is 10.9 Å². The van der Waals surface area contributed by atoms with Gasteiger partial charge in [0, 0.05) is 37.6 Å². The molecule has 0 bridgehead atoms. The lowest BCUT2D eigenvalue weighted by Gasteiger charge is -2.28. The molecule has 0 spiro atoms. The summed E-state index contributed by atoms with van der Waals surface area (Å²) in [6.45, 7) is 6.06. The lowest BCUT2D eigenvalue weighted by atomic mass is 10.1. The molecule has 1 atom stereocenters. The Morgan fingerprint density at radius 3 is 2.58 bits per heavy atom. The van der Waals surface area contributed by atoms with Crippen molar-refractivity contribution in [2.75, 3.05) is 53.9 Å². The molecule has 0 amide bonds. The molecular weight excluding hydrogens is 528 g/mol. The van der Waals surface area contributed by atoms with Gasteiger partial charge in [0.25, 0.3) is 0 Å². The van der Waals surface area contributed by atoms with E-state index >= 15 is 0 Å². The zero-order valence-electron chi connectivity index (χ0n) is 22.5. The second-order valence-electron chi connectivity index (χ2n) is 9.45. The number of hydrogen-bond donors (Lipinski definition) is 2. The fourth-order valence-corrected chi connectivity index (χ4v) is 4.20. The molecule has 0 radical (unpaired) electrons. The molecule has 3 aromatic rings. The van der Waals surface area contributed by atoms with Crippen molar-refractivity contribution in [1.29, 1.82) is 0 Å². The summed E-state index contributed by atoms with van der Waals surface area (Å²) in [5.41, 5.74) is 3.70. The molecule has 40 heavy (non-hydrogen) atoms. The first-order valence-corrected chi connectivity index (χ1v) is 13.0. The van der Waals surface area contributed by atoms with Crippen molar-refractivity contribution in [2.45, 2.75) is 38.9 Å². The molecule has 0 aliphatic carbocycles. The minimum atomic E-state index is -4.48. The molecule has 13 heteroatoms. The van der Waals surface area contributed by atoms with Gasteiger partial charge in [-0.1, -0.05) is 13.3 Å². The smallest absolute Gasteiger partial charge is 0.378 e. The fourth-order valence-electron chi connectivity index (χ4n) is 4.20. The summed E-state index contributed by atoms with van der Waals surface area (Å²) < 4.78 is 60.3. The third-order valence-corrected chi connectivity index (χ3v) is 6.49. The molecule has 2 N–H and O–H groups in total. The van der Waals surface area contributed by atoms with Gasteiger partial charge in [-0.2, -0.15) is 23.3 Å². The van der Waals surface area contributed by atoms with Gasteiger partial charge in [-0.3, -0.25) is 4.98 Å². The third kappa shape index (κ3) is 7.56. The van der Waals surface area contributed by atoms with E-state index in [0.29, 0.717) is 49.1 Å². The van der Waals surface area contributed by atoms with Crippen LogP contribution < -0.4 is 20.5 Å². The Kier molecular flexibility index (Phi) is 9.35. The van der Waals surface area contributed by atoms with Crippen molar-refractivity contribution >= 4 is 35.0 Å². The van der Waals surface area contributed by atoms with Gasteiger partial charge in [0.15, 0.2) is 11.6 Å². The predicted molar refractivity (Wildman–Crippen MR) is 148 cm³/mol. The highest BCUT2D eigenvalue weighted by atomic mass is 19.4. The zero-order chi connectivity index (χ0) is 28.7. The van der Waals surface area contributed by atoms with E-state index in [1.165, 1.54) is 12.4 Å². The van der Waals surface area contributed by atoms with Crippen LogP contribution in [0.25, 0.3) is 0 Å². The van der Waals surface area contributed by atoms with Crippen LogP contribution in [0, 0.1) is 5.82 Å². The van der Waals surface area contributed by atoms with Crippen LogP contribution in [0.3, 0.4) is 0 Å². The number of halogens is 4. The van der Waals surface area contributed by atoms with E-state index in [0.717, 1.165) is 31.2 Å². The van der Waals surface area contributed by atoms with Gasteiger partial charge >= 0.3 is 6.18 Å². The number of ether oxygens (including phenoxy) is 1. The van der Waals surface area contributed by atoms with Crippen molar-refractivity contribution in [1.82, 2.24) is 15.0 Å². The number of benzene rings is 1. The maximum Gasteiger partial charge on any atom is 0.416 e. The normalized spacial score (nSPS) is 14.8. The number of anilines is 5. The van der Waals surface area contributed by atoms with E-state index in [1.807, 2.05) is 18.7 Å². The average molecular weight is 561 g/mol. The Bertz CT molecular complexity index is 1300. The van der Waals surface area contributed by atoms with Crippen molar-refractivity contribution in [3.63, 3.8) is 0 Å². The average Bonchev–Trinajstić information content (AvgIpc) is 2.94. The first kappa shape index (κ1) is 29.0. The van der Waals surface area contributed by atoms with Crippen LogP contribution >= 0.6 is 0 Å². The molecule has 1 aliphatic heterocycles. The molecule has 3 heterocycles. The van der Waals surface area contributed by atoms with Gasteiger partial charge in [0.05, 0.1) is 48.8 Å². The molecule has 1 aromatic carbocycles. The molecular formula is C27H32F4N8O. The SMILES string of the molecule is CCCC(C)N(C)c1cc(Nc2ccc(/C=N/Nc3ncc(F)c(N4CCOCC4)n3)nc2)cc(C(F)(F)F)c1. The zero-order valence-corrected chi connectivity index (χ0v) is 22.5. The number of aromatic nitrogens is 3. The first-order valence-electron chi connectivity index (χ1n) is 13.0. The summed E-state index contributed by atoms with van der Waals surface area (Å²) >= 11 is 0. The molecule has 4 rings (SSSR count). The monoisotopic (exact) mass is 560 g/mol. The maximum atomic E-state index is 14.2. The second kappa shape index (κ2) is 12.9. The molecule has 1 aliphatic rings. The van der Waals surface area contributed by atoms with Crippen LogP contribution in [0.15, 0.2) is 47.8 Å². The summed E-state index contributed by atoms with van der Waals surface area (Å²) in [7, 11) is 1.80. The van der Waals surface area contributed by atoms with Crippen LogP contribution in [0.4, 0.5) is 46.4 Å². The van der Waals surface area contributed by atoms with Gasteiger partial charge in [0.1, 0.15) is 0 Å². The molecule has 1 saturated heterocycles. The van der Waals surface area contributed by atoms with Crippen LogP contribution in [0.1, 0.15) is 37.9 Å². The van der Waals surface area contributed by atoms with Crippen molar-refractivity contribution in [3.05, 3.63) is 59.8 Å². The summed E-state index contributed by atoms with van der Waals surface area (Å²) in [6, 6.07) is 7.35. The fraction of sp³-hybridized carbons (Fsp3) is 0.407. The minimum Gasteiger partial charge on any atom is -0.378 e. The Labute approximate surface area is 230 Å². The van der Waals surface area contributed by atoms with Gasteiger partial charge in [-0.15, -0.1) is 0 Å². The highest BCUT2D eigenvalue weighted by Crippen LogP contribution is 2.35. The number of hydrogen-bond acceptors (Lipinski definition) is 9. The minimum absolute atomic E-state index is 0.0847. The van der Waals surface area contributed by atoms with Crippen molar-refractivity contribution in [2.24, 2.45) is 5.10 Å². The first-order chi connectivity index (χ1) is 19.1. The van der Waals surface area contributed by atoms with Gasteiger partial charge in [-0.25, -0.2) is 14.8 Å². The summed E-state index contributed by atoms with van der Waals surface area (Å²) in [4.78, 5) is 16.0. The summed E-state index contributed by atoms with van der Waals surface area (Å²) in [5.74, 6) is -0.236. The lowest BCUT2D eigenvalue weighted by molar-refractivity contribution is -0.137. The quantitative estimate of drug-likeness (QED) is 0.186. The summed E-state index contributed by atoms with van der Waals surface area (Å²) in [6.07, 6.45) is 1.31. The van der Waals surface area contributed by atoms with E-state index in [1.54, 1.807) is 30.1 Å². The topological polar surface area (TPSA) is 90.8 Å². The Morgan fingerprint density at radius 2 is 1.90 bits per heavy atom. The maximum absolute atomic E-state index is 14.2. The molecule has 9 nitrogen and oxygen atoms in total. The number of morpholine rings is 1. The van der Waals surface area contributed by atoms with Gasteiger partial charge in [-0.05, 0) is 43.7 Å². The number of rotatable bonds is 10. The molecule has 1 unspecified atom stereocenters. The van der Waals surface area contributed by atoms with Crippen molar-refractivity contribution < 1.29 is 22.3 Å². The highest BCUT2D eigenvalue weighted by Gasteiger charge is 2.32. The van der Waals surface area contributed by atoms with E-state index in [2.05, 4.69) is 30.8 Å². The molecule has 1 fully saturated rings. The molecule has 2 aromatic heterocycles. The number of nitrogens with zero attached hydrogens (tertiary/aromatic N) is 6. The van der Waals surface area contributed by atoms with E-state index in [4.69, 9.17) is 4.74 Å². The standard InChI is InChI=1S/C27H32F4N8O/c1-4-5-18(2)38(3)23-13-19(27(29,30)31)12-22(14-23)35-21-7-6-20(32-15-21)16-34-37-26-33-17-24(28)25(36-26)39-8-10-40-11-9-39/h6-7,12-18,35H,4-5,8-11H2,1-3H3,(H,33,36,37)/b34-16+. The summed E-state index contributed by atoms with van der Waals surface area (Å²) in [5, 5.41) is 7.08. The van der Waals surface area contributed by atoms with Gasteiger partial charge in [0.2, 0.25) is 5.95 Å². The number of nitrogens with one attached hydrogen (secondary N) is 2. The number of pyridine rings is 1. The van der Waals surface area contributed by atoms with Crippen LogP contribution in [-0.4, -0.2) is 60.6 Å². The predicted octanol–water partition coefficient (Wildman–Crippen LogP) is 5.68. The lowest BCUT2D eigenvalue weighted by Crippen LogP contribution is -2.37. The number of hydrazone groups is 1. The molecule has 0 saturated carbocycles. The Hall–Kier alpha value is -4.00. The van der Waals surface area contributed by atoms with E-state index in [-0.39, 0.29) is 17.8 Å². The highest BCUT2D eigenvalue weighted by molar-refractivity contribution is 5.78.